The van der Waals surface area contributed by atoms with Gasteiger partial charge in [-0.05, 0) is 55.2 Å². The van der Waals surface area contributed by atoms with E-state index in [2.05, 4.69) is 34.0 Å². The number of likely N-dealkylation sites (tertiary alicyclic amines) is 1. The van der Waals surface area contributed by atoms with Gasteiger partial charge in [-0.15, -0.1) is 0 Å². The van der Waals surface area contributed by atoms with Crippen molar-refractivity contribution in [1.29, 1.82) is 0 Å². The molecule has 1 saturated heterocycles. The van der Waals surface area contributed by atoms with Crippen LogP contribution in [0, 0.1) is 11.8 Å². The van der Waals surface area contributed by atoms with E-state index in [9.17, 15) is 5.11 Å². The van der Waals surface area contributed by atoms with E-state index in [1.54, 1.807) is 0 Å². The van der Waals surface area contributed by atoms with Crippen molar-refractivity contribution in [3.63, 3.8) is 0 Å². The average Bonchev–Trinajstić information content (AvgIpc) is 2.79. The van der Waals surface area contributed by atoms with E-state index < -0.39 is 5.60 Å². The van der Waals surface area contributed by atoms with Gasteiger partial charge in [0.15, 0.2) is 5.96 Å². The number of nitrogens with one attached hydrogen (secondary N) is 1. The van der Waals surface area contributed by atoms with Crippen LogP contribution in [0.15, 0.2) is 53.5 Å². The molecule has 1 fully saturated rings. The Hall–Kier alpha value is -2.52. The largest absolute Gasteiger partial charge is 0.385 e. The molecule has 1 heterocycles. The Labute approximate surface area is 196 Å². The number of nitrogens with zero attached hydrogens (tertiary/aromatic N) is 2. The molecule has 2 aromatic carbocycles. The minimum atomic E-state index is -0.762. The standard InChI is InChI=1S/C26H33ClN4O/c1-2-3-16-29-25(28)30-24-9-6-8-21(20-24)7-4-5-17-31-18-14-26(32,15-19-31)22-10-12-23(27)13-11-22/h6,8-13,20,32H,2-3,5,14-19H2,1H3,(H3,28,29,30). The summed E-state index contributed by atoms with van der Waals surface area (Å²) in [7, 11) is 0. The number of halogens is 1. The lowest BCUT2D eigenvalue weighted by Crippen LogP contribution is -2.42. The molecular formula is C26H33ClN4O. The van der Waals surface area contributed by atoms with Crippen LogP contribution in [-0.4, -0.2) is 42.1 Å². The quantitative estimate of drug-likeness (QED) is 0.248. The van der Waals surface area contributed by atoms with Crippen LogP contribution in [0.25, 0.3) is 0 Å². The van der Waals surface area contributed by atoms with Crippen molar-refractivity contribution in [2.45, 2.75) is 44.6 Å². The number of unbranched alkanes of at least 4 members (excludes halogenated alkanes) is 1. The van der Waals surface area contributed by atoms with Gasteiger partial charge in [0.2, 0.25) is 0 Å². The number of hydrogen-bond donors (Lipinski definition) is 3. The maximum Gasteiger partial charge on any atom is 0.193 e. The fraction of sp³-hybridized carbons (Fsp3) is 0.423. The molecule has 2 aromatic rings. The summed E-state index contributed by atoms with van der Waals surface area (Å²) in [5, 5.41) is 14.8. The lowest BCUT2D eigenvalue weighted by molar-refractivity contribution is -0.0253. The number of benzene rings is 2. The highest BCUT2D eigenvalue weighted by Crippen LogP contribution is 2.33. The molecule has 0 aromatic heterocycles. The second-order valence-corrected chi connectivity index (χ2v) is 8.69. The van der Waals surface area contributed by atoms with E-state index in [-0.39, 0.29) is 0 Å². The summed E-state index contributed by atoms with van der Waals surface area (Å²) in [6.45, 7) is 5.49. The summed E-state index contributed by atoms with van der Waals surface area (Å²) >= 11 is 5.97. The number of aliphatic imine (C=N–C) groups is 1. The van der Waals surface area contributed by atoms with Crippen LogP contribution in [0.4, 0.5) is 5.69 Å². The van der Waals surface area contributed by atoms with Crippen molar-refractivity contribution >= 4 is 23.2 Å². The molecule has 32 heavy (non-hydrogen) atoms. The van der Waals surface area contributed by atoms with Crippen LogP contribution in [-0.2, 0) is 5.60 Å². The first-order valence-corrected chi connectivity index (χ1v) is 11.7. The van der Waals surface area contributed by atoms with E-state index in [1.165, 1.54) is 0 Å². The molecule has 4 N–H and O–H groups in total. The Morgan fingerprint density at radius 2 is 1.97 bits per heavy atom. The second-order valence-electron chi connectivity index (χ2n) is 8.26. The Morgan fingerprint density at radius 1 is 1.22 bits per heavy atom. The number of guanidine groups is 1. The molecule has 0 spiro atoms. The molecule has 0 bridgehead atoms. The van der Waals surface area contributed by atoms with Gasteiger partial charge in [-0.3, -0.25) is 4.99 Å². The summed E-state index contributed by atoms with van der Waals surface area (Å²) in [6.07, 6.45) is 4.36. The fourth-order valence-electron chi connectivity index (χ4n) is 3.79. The number of nitrogens with two attached hydrogens (primary N) is 1. The van der Waals surface area contributed by atoms with Crippen molar-refractivity contribution in [3.8, 4) is 11.8 Å². The van der Waals surface area contributed by atoms with Crippen LogP contribution < -0.4 is 11.1 Å². The number of hydrogen-bond acceptors (Lipinski definition) is 3. The molecule has 5 nitrogen and oxygen atoms in total. The zero-order valence-electron chi connectivity index (χ0n) is 18.8. The van der Waals surface area contributed by atoms with Gasteiger partial charge in [0.25, 0.3) is 0 Å². The van der Waals surface area contributed by atoms with E-state index in [1.807, 2.05) is 48.5 Å². The maximum absolute atomic E-state index is 11.0. The first-order chi connectivity index (χ1) is 15.5. The summed E-state index contributed by atoms with van der Waals surface area (Å²) < 4.78 is 0. The number of aliphatic hydroxyl groups is 1. The minimum absolute atomic E-state index is 0.437. The maximum atomic E-state index is 11.0. The highest BCUT2D eigenvalue weighted by Gasteiger charge is 2.33. The summed E-state index contributed by atoms with van der Waals surface area (Å²) in [5.74, 6) is 6.95. The predicted octanol–water partition coefficient (Wildman–Crippen LogP) is 4.59. The van der Waals surface area contributed by atoms with Gasteiger partial charge in [-0.2, -0.15) is 0 Å². The van der Waals surface area contributed by atoms with Crippen molar-refractivity contribution in [2.24, 2.45) is 10.7 Å². The fourth-order valence-corrected chi connectivity index (χ4v) is 3.92. The van der Waals surface area contributed by atoms with Crippen LogP contribution in [0.3, 0.4) is 0 Å². The molecule has 0 unspecified atom stereocenters. The van der Waals surface area contributed by atoms with Crippen molar-refractivity contribution < 1.29 is 5.11 Å². The Morgan fingerprint density at radius 3 is 2.69 bits per heavy atom. The van der Waals surface area contributed by atoms with Gasteiger partial charge < -0.3 is 21.1 Å². The van der Waals surface area contributed by atoms with Crippen LogP contribution in [0.1, 0.15) is 50.2 Å². The molecule has 170 valence electrons. The zero-order chi connectivity index (χ0) is 22.8. The molecule has 6 heteroatoms. The predicted molar refractivity (Wildman–Crippen MR) is 134 cm³/mol. The van der Waals surface area contributed by atoms with Crippen LogP contribution in [0.2, 0.25) is 5.02 Å². The first kappa shape index (κ1) is 24.1. The Kier molecular flexibility index (Phi) is 8.99. The van der Waals surface area contributed by atoms with Gasteiger partial charge in [0.05, 0.1) is 5.60 Å². The first-order valence-electron chi connectivity index (χ1n) is 11.4. The van der Waals surface area contributed by atoms with E-state index in [4.69, 9.17) is 17.3 Å². The number of piperidine rings is 1. The molecule has 0 saturated carbocycles. The van der Waals surface area contributed by atoms with Crippen LogP contribution in [0.5, 0.6) is 0 Å². The molecular weight excluding hydrogens is 420 g/mol. The third-order valence-electron chi connectivity index (χ3n) is 5.78. The van der Waals surface area contributed by atoms with Crippen molar-refractivity contribution in [2.75, 3.05) is 31.5 Å². The summed E-state index contributed by atoms with van der Waals surface area (Å²) in [4.78, 5) is 6.68. The van der Waals surface area contributed by atoms with Crippen molar-refractivity contribution in [3.05, 3.63) is 64.7 Å². The van der Waals surface area contributed by atoms with Gasteiger partial charge in [-0.1, -0.05) is 55.0 Å². The van der Waals surface area contributed by atoms with E-state index >= 15 is 0 Å². The Bertz CT molecular complexity index is 954. The monoisotopic (exact) mass is 452 g/mol. The highest BCUT2D eigenvalue weighted by molar-refractivity contribution is 6.30. The van der Waals surface area contributed by atoms with Gasteiger partial charge in [-0.25, -0.2) is 0 Å². The second kappa shape index (κ2) is 11.9. The third-order valence-corrected chi connectivity index (χ3v) is 6.03. The number of anilines is 1. The number of rotatable bonds is 7. The lowest BCUT2D eigenvalue weighted by atomic mass is 9.84. The average molecular weight is 453 g/mol. The van der Waals surface area contributed by atoms with E-state index in [0.29, 0.717) is 11.0 Å². The summed E-state index contributed by atoms with van der Waals surface area (Å²) in [5.41, 5.74) is 7.97. The zero-order valence-corrected chi connectivity index (χ0v) is 19.5. The van der Waals surface area contributed by atoms with Crippen molar-refractivity contribution in [1.82, 2.24) is 4.90 Å². The third kappa shape index (κ3) is 7.27. The normalized spacial score (nSPS) is 16.3. The molecule has 0 radical (unpaired) electrons. The topological polar surface area (TPSA) is 73.9 Å². The minimum Gasteiger partial charge on any atom is -0.385 e. The SMILES string of the molecule is CCCCN=C(N)Nc1cccc(C#CCCN2CCC(O)(c3ccc(Cl)cc3)CC2)c1. The molecule has 0 atom stereocenters. The molecule has 3 rings (SSSR count). The smallest absolute Gasteiger partial charge is 0.193 e. The molecule has 0 amide bonds. The highest BCUT2D eigenvalue weighted by atomic mass is 35.5. The van der Waals surface area contributed by atoms with Gasteiger partial charge in [0, 0.05) is 48.9 Å². The van der Waals surface area contributed by atoms with E-state index in [0.717, 1.165) is 75.1 Å². The Balaban J connectivity index is 1.45. The van der Waals surface area contributed by atoms with Crippen LogP contribution >= 0.6 is 11.6 Å². The van der Waals surface area contributed by atoms with Gasteiger partial charge >= 0.3 is 0 Å². The molecule has 1 aliphatic rings. The van der Waals surface area contributed by atoms with Gasteiger partial charge in [0.1, 0.15) is 0 Å². The molecule has 1 aliphatic heterocycles. The summed E-state index contributed by atoms with van der Waals surface area (Å²) in [6, 6.07) is 15.5. The molecule has 0 aliphatic carbocycles. The lowest BCUT2D eigenvalue weighted by Gasteiger charge is -2.38.